The van der Waals surface area contributed by atoms with Gasteiger partial charge in [0, 0.05) is 24.7 Å². The molecule has 1 aromatic carbocycles. The van der Waals surface area contributed by atoms with E-state index in [1.54, 1.807) is 0 Å². The van der Waals surface area contributed by atoms with Crippen LogP contribution in [0.15, 0.2) is 24.3 Å². The lowest BCUT2D eigenvalue weighted by Gasteiger charge is -2.19. The van der Waals surface area contributed by atoms with Gasteiger partial charge in [0.2, 0.25) is 0 Å². The Kier molecular flexibility index (Phi) is 12.5. The van der Waals surface area contributed by atoms with Crippen LogP contribution in [0.25, 0.3) is 0 Å². The number of nitrogens with two attached hydrogens (primary N) is 1. The van der Waals surface area contributed by atoms with E-state index in [1.165, 1.54) is 0 Å². The van der Waals surface area contributed by atoms with Crippen LogP contribution in [0.3, 0.4) is 0 Å². The van der Waals surface area contributed by atoms with Gasteiger partial charge in [-0.3, -0.25) is 4.79 Å². The van der Waals surface area contributed by atoms with Gasteiger partial charge in [-0.15, -0.1) is 24.8 Å². The highest BCUT2D eigenvalue weighted by atomic mass is 35.5. The summed E-state index contributed by atoms with van der Waals surface area (Å²) in [6.07, 6.45) is 0.902. The number of carbonyl (C=O) groups excluding carboxylic acids is 1. The van der Waals surface area contributed by atoms with Gasteiger partial charge < -0.3 is 16.0 Å². The van der Waals surface area contributed by atoms with E-state index in [4.69, 9.17) is 5.73 Å². The number of carbonyl (C=O) groups is 1. The molecule has 0 aliphatic heterocycles. The van der Waals surface area contributed by atoms with E-state index >= 15 is 0 Å². The van der Waals surface area contributed by atoms with Gasteiger partial charge in [-0.2, -0.15) is 0 Å². The summed E-state index contributed by atoms with van der Waals surface area (Å²) in [5.74, 6) is 0.477. The number of nitrogens with zero attached hydrogens (tertiary/aromatic N) is 1. The predicted molar refractivity (Wildman–Crippen MR) is 98.1 cm³/mol. The van der Waals surface area contributed by atoms with E-state index in [2.05, 4.69) is 24.1 Å². The number of amides is 1. The summed E-state index contributed by atoms with van der Waals surface area (Å²) < 4.78 is 0. The molecular weight excluding hydrogens is 321 g/mol. The first kappa shape index (κ1) is 23.5. The third-order valence-electron chi connectivity index (χ3n) is 3.06. The molecule has 4 nitrogen and oxygen atoms in total. The normalized spacial score (nSPS) is 11.6. The molecule has 0 spiro atoms. The Labute approximate surface area is 146 Å². The van der Waals surface area contributed by atoms with E-state index in [1.807, 2.05) is 38.4 Å². The van der Waals surface area contributed by atoms with Crippen molar-refractivity contribution in [1.29, 1.82) is 0 Å². The van der Waals surface area contributed by atoms with E-state index < -0.39 is 0 Å². The summed E-state index contributed by atoms with van der Waals surface area (Å²) >= 11 is 0. The topological polar surface area (TPSA) is 58.4 Å². The van der Waals surface area contributed by atoms with Gasteiger partial charge in [0.1, 0.15) is 0 Å². The Balaban J connectivity index is 0. The molecule has 0 aliphatic carbocycles. The lowest BCUT2D eigenvalue weighted by Crippen LogP contribution is -2.41. The highest BCUT2D eigenvalue weighted by Crippen LogP contribution is 2.09. The number of rotatable bonds is 7. The lowest BCUT2D eigenvalue weighted by molar-refractivity contribution is 0.0933. The van der Waals surface area contributed by atoms with Crippen LogP contribution in [0.5, 0.6) is 0 Å². The molecule has 0 saturated carbocycles. The molecule has 1 amide bonds. The van der Waals surface area contributed by atoms with Gasteiger partial charge >= 0.3 is 0 Å². The molecule has 128 valence electrons. The van der Waals surface area contributed by atoms with E-state index in [-0.39, 0.29) is 36.8 Å². The third-order valence-corrected chi connectivity index (χ3v) is 3.06. The maximum atomic E-state index is 12.3. The SMILES string of the molecule is CC(C)CC(CN)NC(=O)c1cccc(CN(C)C)c1.Cl.Cl. The fourth-order valence-corrected chi connectivity index (χ4v) is 2.23. The second-order valence-corrected chi connectivity index (χ2v) is 5.97. The lowest BCUT2D eigenvalue weighted by atomic mass is 10.0. The molecule has 1 unspecified atom stereocenters. The van der Waals surface area contributed by atoms with Crippen LogP contribution in [-0.2, 0) is 6.54 Å². The zero-order chi connectivity index (χ0) is 15.1. The Hall–Kier alpha value is -0.810. The highest BCUT2D eigenvalue weighted by molar-refractivity contribution is 5.94. The number of hydrogen-bond acceptors (Lipinski definition) is 3. The monoisotopic (exact) mass is 349 g/mol. The van der Waals surface area contributed by atoms with Gasteiger partial charge in [0.05, 0.1) is 0 Å². The number of hydrogen-bond donors (Lipinski definition) is 2. The average Bonchev–Trinajstić information content (AvgIpc) is 2.36. The molecule has 1 aromatic rings. The molecule has 1 atom stereocenters. The average molecular weight is 350 g/mol. The molecule has 0 bridgehead atoms. The van der Waals surface area contributed by atoms with Gasteiger partial charge in [-0.1, -0.05) is 26.0 Å². The van der Waals surface area contributed by atoms with Crippen molar-refractivity contribution in [3.05, 3.63) is 35.4 Å². The number of benzene rings is 1. The molecule has 6 heteroatoms. The smallest absolute Gasteiger partial charge is 0.251 e. The Morgan fingerprint density at radius 1 is 1.27 bits per heavy atom. The van der Waals surface area contributed by atoms with Crippen molar-refractivity contribution in [1.82, 2.24) is 10.2 Å². The maximum Gasteiger partial charge on any atom is 0.251 e. The van der Waals surface area contributed by atoms with Gasteiger partial charge in [0.25, 0.3) is 5.91 Å². The van der Waals surface area contributed by atoms with Crippen molar-refractivity contribution in [2.45, 2.75) is 32.9 Å². The fourth-order valence-electron chi connectivity index (χ4n) is 2.23. The minimum Gasteiger partial charge on any atom is -0.348 e. The van der Waals surface area contributed by atoms with E-state index in [0.29, 0.717) is 18.0 Å². The zero-order valence-electron chi connectivity index (χ0n) is 13.8. The Morgan fingerprint density at radius 3 is 2.41 bits per heavy atom. The van der Waals surface area contributed by atoms with Crippen LogP contribution in [0.2, 0.25) is 0 Å². The number of nitrogens with one attached hydrogen (secondary N) is 1. The first-order chi connectivity index (χ1) is 9.42. The van der Waals surface area contributed by atoms with Crippen molar-refractivity contribution >= 4 is 30.7 Å². The minimum atomic E-state index is -0.0401. The highest BCUT2D eigenvalue weighted by Gasteiger charge is 2.14. The molecule has 3 N–H and O–H groups in total. The summed E-state index contributed by atoms with van der Waals surface area (Å²) in [7, 11) is 4.03. The summed E-state index contributed by atoms with van der Waals surface area (Å²) in [6.45, 7) is 5.56. The largest absolute Gasteiger partial charge is 0.348 e. The molecule has 0 radical (unpaired) electrons. The van der Waals surface area contributed by atoms with Gasteiger partial charge in [-0.05, 0) is 44.1 Å². The van der Waals surface area contributed by atoms with Crippen molar-refractivity contribution < 1.29 is 4.79 Å². The molecule has 22 heavy (non-hydrogen) atoms. The zero-order valence-corrected chi connectivity index (χ0v) is 15.5. The van der Waals surface area contributed by atoms with E-state index in [9.17, 15) is 4.79 Å². The van der Waals surface area contributed by atoms with Crippen molar-refractivity contribution in [2.24, 2.45) is 11.7 Å². The molecule has 0 heterocycles. The summed E-state index contributed by atoms with van der Waals surface area (Å²) in [4.78, 5) is 14.3. The summed E-state index contributed by atoms with van der Waals surface area (Å²) in [6, 6.07) is 7.79. The van der Waals surface area contributed by atoms with Gasteiger partial charge in [-0.25, -0.2) is 0 Å². The van der Waals surface area contributed by atoms with E-state index in [0.717, 1.165) is 18.5 Å². The molecule has 0 aliphatic rings. The Morgan fingerprint density at radius 2 is 1.91 bits per heavy atom. The minimum absolute atomic E-state index is 0. The van der Waals surface area contributed by atoms with Crippen LogP contribution >= 0.6 is 24.8 Å². The van der Waals surface area contributed by atoms with Crippen LogP contribution in [0, 0.1) is 5.92 Å². The summed E-state index contributed by atoms with van der Waals surface area (Å²) in [5.41, 5.74) is 7.56. The first-order valence-electron chi connectivity index (χ1n) is 7.17. The molecule has 0 aromatic heterocycles. The van der Waals surface area contributed by atoms with Crippen molar-refractivity contribution in [3.8, 4) is 0 Å². The van der Waals surface area contributed by atoms with Crippen LogP contribution in [-0.4, -0.2) is 37.5 Å². The Bertz CT molecular complexity index is 439. The van der Waals surface area contributed by atoms with Crippen molar-refractivity contribution in [2.75, 3.05) is 20.6 Å². The quantitative estimate of drug-likeness (QED) is 0.795. The fraction of sp³-hybridized carbons (Fsp3) is 0.562. The number of halogens is 2. The van der Waals surface area contributed by atoms with Crippen LogP contribution < -0.4 is 11.1 Å². The van der Waals surface area contributed by atoms with Crippen LogP contribution in [0.1, 0.15) is 36.2 Å². The van der Waals surface area contributed by atoms with Crippen molar-refractivity contribution in [3.63, 3.8) is 0 Å². The predicted octanol–water partition coefficient (Wildman–Crippen LogP) is 2.70. The second-order valence-electron chi connectivity index (χ2n) is 5.97. The molecule has 1 rings (SSSR count). The second kappa shape index (κ2) is 11.7. The molecule has 0 fully saturated rings. The van der Waals surface area contributed by atoms with Gasteiger partial charge in [0.15, 0.2) is 0 Å². The first-order valence-corrected chi connectivity index (χ1v) is 7.17. The molecular formula is C16H29Cl2N3O. The summed E-state index contributed by atoms with van der Waals surface area (Å²) in [5, 5.41) is 3.02. The maximum absolute atomic E-state index is 12.3. The standard InChI is InChI=1S/C16H27N3O.2ClH/c1-12(2)8-15(10-17)18-16(20)14-7-5-6-13(9-14)11-19(3)4;;/h5-7,9,12,15H,8,10-11,17H2,1-4H3,(H,18,20);2*1H. The van der Waals surface area contributed by atoms with Crippen LogP contribution in [0.4, 0.5) is 0 Å². The third kappa shape index (κ3) is 8.59. The molecule has 0 saturated heterocycles.